The fraction of sp³-hybridized carbons (Fsp3) is 0. The van der Waals surface area contributed by atoms with Crippen LogP contribution in [0.15, 0.2) is 0 Å². The van der Waals surface area contributed by atoms with E-state index in [1.54, 1.807) is 0 Å². The minimum Gasteiger partial charge on any atom is 0 e. The van der Waals surface area contributed by atoms with E-state index in [4.69, 9.17) is 0 Å². The van der Waals surface area contributed by atoms with E-state index in [9.17, 15) is 0 Å². The Morgan fingerprint density at radius 2 is 1.25 bits per heavy atom. The van der Waals surface area contributed by atoms with Crippen molar-refractivity contribution < 1.29 is 22.4 Å². The minimum atomic E-state index is 0. The van der Waals surface area contributed by atoms with Gasteiger partial charge in [0.1, 0.15) is 0 Å². The molecule has 0 spiro atoms. The predicted molar refractivity (Wildman–Crippen MR) is 20.9 cm³/mol. The van der Waals surface area contributed by atoms with Crippen molar-refractivity contribution in [1.82, 2.24) is 0 Å². The topological polar surface area (TPSA) is 0 Å². The van der Waals surface area contributed by atoms with Gasteiger partial charge < -0.3 is 0 Å². The van der Waals surface area contributed by atoms with Gasteiger partial charge in [-0.2, -0.15) is 0 Å². The van der Waals surface area contributed by atoms with Crippen LogP contribution in [0.2, 0.25) is 0 Å². The Bertz CT molecular complexity index is 27.0. The Kier molecular flexibility index (Phi) is 20.3. The van der Waals surface area contributed by atoms with Gasteiger partial charge in [-0.15, -0.1) is 0 Å². The molecule has 0 aromatic rings. The van der Waals surface area contributed by atoms with Crippen LogP contribution in [0, 0.1) is 0 Å². The molecule has 0 atom stereocenters. The Labute approximate surface area is 54.7 Å². The van der Waals surface area contributed by atoms with Crippen molar-refractivity contribution in [2.75, 3.05) is 0 Å². The average Bonchev–Trinajstić information content (AvgIpc) is 0.918. The smallest absolute Gasteiger partial charge is 0 e. The van der Waals surface area contributed by atoms with Gasteiger partial charge in [0.15, 0.2) is 0 Å². The largest absolute Gasteiger partial charge is 0 e. The molecule has 0 fully saturated rings. The predicted octanol–water partition coefficient (Wildman–Crippen LogP) is 0.913. The number of rotatable bonds is 0. The SMILES string of the molecule is S=[Se]=S.[Au]. The second-order valence-electron chi connectivity index (χ2n) is 0.0680. The molecule has 0 bridgehead atoms. The van der Waals surface area contributed by atoms with Crippen LogP contribution < -0.4 is 0 Å². The summed E-state index contributed by atoms with van der Waals surface area (Å²) >= 11 is 0.0417. The number of hydrogen-bond acceptors (Lipinski definition) is 2. The summed E-state index contributed by atoms with van der Waals surface area (Å²) in [6.45, 7) is 0. The van der Waals surface area contributed by atoms with Crippen LogP contribution in [0.4, 0.5) is 0 Å². The van der Waals surface area contributed by atoms with Crippen molar-refractivity contribution in [3.8, 4) is 0 Å². The molecule has 0 N–H and O–H groups in total. The van der Waals surface area contributed by atoms with E-state index in [2.05, 4.69) is 21.1 Å². The summed E-state index contributed by atoms with van der Waals surface area (Å²) in [6.07, 6.45) is 0. The molecule has 0 aromatic heterocycles. The van der Waals surface area contributed by atoms with E-state index < -0.39 is 0 Å². The Morgan fingerprint density at radius 3 is 1.25 bits per heavy atom. The monoisotopic (exact) mass is 341 g/mol. The van der Waals surface area contributed by atoms with Gasteiger partial charge in [0, 0.05) is 22.4 Å². The average molecular weight is 340 g/mol. The van der Waals surface area contributed by atoms with Crippen LogP contribution in [0.25, 0.3) is 0 Å². The molecule has 0 rings (SSSR count). The molecule has 0 nitrogen and oxygen atoms in total. The van der Waals surface area contributed by atoms with Crippen LogP contribution in [-0.4, -0.2) is 11.7 Å². The third-order valence-corrected chi connectivity index (χ3v) is 0. The van der Waals surface area contributed by atoms with Crippen LogP contribution >= 0.6 is 21.1 Å². The van der Waals surface area contributed by atoms with Crippen LogP contribution in [0.5, 0.6) is 0 Å². The zero-order chi connectivity index (χ0) is 2.71. The molecule has 0 unspecified atom stereocenters. The van der Waals surface area contributed by atoms with E-state index in [0.717, 1.165) is 0 Å². The first kappa shape index (κ1) is 9.20. The van der Waals surface area contributed by atoms with Gasteiger partial charge in [-0.3, -0.25) is 0 Å². The molecule has 0 aliphatic heterocycles. The normalized spacial score (nSPS) is 3.00. The zero-order valence-corrected chi connectivity index (χ0v) is 7.04. The molecule has 0 saturated carbocycles. The first-order chi connectivity index (χ1) is 1.41. The number of hydrogen-bond donors (Lipinski definition) is 0. The quantitative estimate of drug-likeness (QED) is 0.602. The van der Waals surface area contributed by atoms with E-state index in [1.165, 1.54) is 0 Å². The third-order valence-electron chi connectivity index (χ3n) is 0. The molecule has 29 valence electrons. The van der Waals surface area contributed by atoms with Gasteiger partial charge in [-0.05, 0) is 0 Å². The molecular weight excluding hydrogens is 340 g/mol. The molecule has 0 aliphatic rings. The maximum absolute atomic E-state index is 4.27. The van der Waals surface area contributed by atoms with E-state index in [1.807, 2.05) is 0 Å². The minimum absolute atomic E-state index is 0. The van der Waals surface area contributed by atoms with Gasteiger partial charge in [-0.25, -0.2) is 0 Å². The molecule has 4 heavy (non-hydrogen) atoms. The van der Waals surface area contributed by atoms with Crippen molar-refractivity contribution in [3.63, 3.8) is 0 Å². The third kappa shape index (κ3) is 9.33. The van der Waals surface area contributed by atoms with Crippen molar-refractivity contribution >= 4 is 32.8 Å². The molecule has 0 aromatic carbocycles. The van der Waals surface area contributed by atoms with Gasteiger partial charge in [0.05, 0.1) is 0 Å². The van der Waals surface area contributed by atoms with Crippen LogP contribution in [0.1, 0.15) is 0 Å². The fourth-order valence-electron chi connectivity index (χ4n) is 0. The first-order valence-electron chi connectivity index (χ1n) is 0.333. The Balaban J connectivity index is 0. The Morgan fingerprint density at radius 1 is 1.25 bits per heavy atom. The summed E-state index contributed by atoms with van der Waals surface area (Å²) in [6, 6.07) is 0. The fourth-order valence-corrected chi connectivity index (χ4v) is 0. The van der Waals surface area contributed by atoms with Gasteiger partial charge in [0.25, 0.3) is 0 Å². The molecule has 1 radical (unpaired) electrons. The first-order valence-corrected chi connectivity index (χ1v) is 5.20. The summed E-state index contributed by atoms with van der Waals surface area (Å²) in [5.74, 6) is 0. The van der Waals surface area contributed by atoms with Crippen molar-refractivity contribution in [2.45, 2.75) is 0 Å². The summed E-state index contributed by atoms with van der Waals surface area (Å²) < 4.78 is 0. The summed E-state index contributed by atoms with van der Waals surface area (Å²) in [5.41, 5.74) is 0. The summed E-state index contributed by atoms with van der Waals surface area (Å²) in [5, 5.41) is 0. The standard InChI is InChI=1S/Au.S2Se/c;1-3-2. The van der Waals surface area contributed by atoms with Gasteiger partial charge in [0.2, 0.25) is 0 Å². The van der Waals surface area contributed by atoms with Crippen LogP contribution in [0.3, 0.4) is 0 Å². The molecule has 0 saturated heterocycles. The van der Waals surface area contributed by atoms with E-state index in [-0.39, 0.29) is 34.1 Å². The second-order valence-corrected chi connectivity index (χ2v) is 3.18. The molecular formula is AuS2Se. The maximum atomic E-state index is 4.27. The van der Waals surface area contributed by atoms with E-state index >= 15 is 0 Å². The maximum Gasteiger partial charge on any atom is 0 e. The van der Waals surface area contributed by atoms with Crippen molar-refractivity contribution in [3.05, 3.63) is 0 Å². The van der Waals surface area contributed by atoms with Gasteiger partial charge in [-0.1, -0.05) is 0 Å². The molecule has 0 amide bonds. The summed E-state index contributed by atoms with van der Waals surface area (Å²) in [7, 11) is 8.54. The van der Waals surface area contributed by atoms with Crippen molar-refractivity contribution in [1.29, 1.82) is 0 Å². The van der Waals surface area contributed by atoms with E-state index in [0.29, 0.717) is 0 Å². The second kappa shape index (κ2) is 8.83. The zero-order valence-electron chi connectivity index (χ0n) is 1.53. The molecule has 0 aliphatic carbocycles. The van der Waals surface area contributed by atoms with Gasteiger partial charge >= 0.3 is 32.8 Å². The van der Waals surface area contributed by atoms with Crippen molar-refractivity contribution in [2.24, 2.45) is 0 Å². The van der Waals surface area contributed by atoms with Crippen LogP contribution in [-0.2, 0) is 22.4 Å². The molecule has 4 heteroatoms. The summed E-state index contributed by atoms with van der Waals surface area (Å²) in [4.78, 5) is 0. The Hall–Kier alpha value is 1.70. The molecule has 0 heterocycles.